The monoisotopic (exact) mass is 261 g/mol. The van der Waals surface area contributed by atoms with Gasteiger partial charge in [-0.15, -0.1) is 11.6 Å². The molecule has 0 aliphatic heterocycles. The molecular formula is C13H24ClNO2. The average Bonchev–Trinajstić information content (AvgIpc) is 2.23. The second kappa shape index (κ2) is 6.60. The van der Waals surface area contributed by atoms with Crippen molar-refractivity contribution in [3.63, 3.8) is 0 Å². The highest BCUT2D eigenvalue weighted by atomic mass is 35.5. The Morgan fingerprint density at radius 3 is 2.71 bits per heavy atom. The van der Waals surface area contributed by atoms with E-state index in [0.29, 0.717) is 5.92 Å². The minimum Gasteiger partial charge on any atom is -0.366 e. The van der Waals surface area contributed by atoms with E-state index in [9.17, 15) is 4.79 Å². The highest BCUT2D eigenvalue weighted by molar-refractivity contribution is 6.20. The van der Waals surface area contributed by atoms with Crippen molar-refractivity contribution in [2.75, 3.05) is 13.2 Å². The van der Waals surface area contributed by atoms with Crippen LogP contribution in [0.4, 0.5) is 0 Å². The molecule has 0 aromatic carbocycles. The summed E-state index contributed by atoms with van der Waals surface area (Å²) in [6.07, 6.45) is 4.47. The fourth-order valence-electron chi connectivity index (χ4n) is 2.00. The summed E-state index contributed by atoms with van der Waals surface area (Å²) in [5, 5.41) is 3.21. The van der Waals surface area contributed by atoms with Crippen molar-refractivity contribution in [3.8, 4) is 0 Å². The SMILES string of the molecule is CC(C)(C)OCC(=O)NCC1CCCC(Cl)C1. The van der Waals surface area contributed by atoms with Gasteiger partial charge in [0, 0.05) is 11.9 Å². The maximum atomic E-state index is 11.5. The molecule has 0 radical (unpaired) electrons. The van der Waals surface area contributed by atoms with Gasteiger partial charge in [0.25, 0.3) is 0 Å². The summed E-state index contributed by atoms with van der Waals surface area (Å²) in [4.78, 5) is 11.5. The van der Waals surface area contributed by atoms with Crippen LogP contribution < -0.4 is 5.32 Å². The number of rotatable bonds is 4. The second-order valence-electron chi connectivity index (χ2n) is 5.84. The van der Waals surface area contributed by atoms with Gasteiger partial charge in [0.15, 0.2) is 0 Å². The molecule has 1 aliphatic carbocycles. The highest BCUT2D eigenvalue weighted by Gasteiger charge is 2.21. The van der Waals surface area contributed by atoms with E-state index in [4.69, 9.17) is 16.3 Å². The average molecular weight is 262 g/mol. The smallest absolute Gasteiger partial charge is 0.246 e. The first kappa shape index (κ1) is 14.8. The summed E-state index contributed by atoms with van der Waals surface area (Å²) >= 11 is 6.11. The Hall–Kier alpha value is -0.280. The molecule has 1 rings (SSSR count). The van der Waals surface area contributed by atoms with Crippen LogP contribution >= 0.6 is 11.6 Å². The van der Waals surface area contributed by atoms with Gasteiger partial charge in [-0.1, -0.05) is 6.42 Å². The minimum atomic E-state index is -0.261. The Morgan fingerprint density at radius 1 is 1.41 bits per heavy atom. The normalized spacial score (nSPS) is 25.6. The minimum absolute atomic E-state index is 0.0309. The molecule has 100 valence electrons. The number of hydrogen-bond donors (Lipinski definition) is 1. The van der Waals surface area contributed by atoms with Crippen molar-refractivity contribution in [2.24, 2.45) is 5.92 Å². The quantitative estimate of drug-likeness (QED) is 0.791. The van der Waals surface area contributed by atoms with Crippen molar-refractivity contribution < 1.29 is 9.53 Å². The van der Waals surface area contributed by atoms with Crippen LogP contribution in [0.15, 0.2) is 0 Å². The maximum Gasteiger partial charge on any atom is 0.246 e. The van der Waals surface area contributed by atoms with Gasteiger partial charge < -0.3 is 10.1 Å². The molecule has 4 heteroatoms. The molecule has 3 nitrogen and oxygen atoms in total. The second-order valence-corrected chi connectivity index (χ2v) is 6.45. The molecule has 0 aromatic heterocycles. The highest BCUT2D eigenvalue weighted by Crippen LogP contribution is 2.27. The third-order valence-electron chi connectivity index (χ3n) is 2.94. The molecule has 2 unspecified atom stereocenters. The van der Waals surface area contributed by atoms with E-state index >= 15 is 0 Å². The summed E-state index contributed by atoms with van der Waals surface area (Å²) in [6.45, 7) is 6.70. The fraction of sp³-hybridized carbons (Fsp3) is 0.923. The third kappa shape index (κ3) is 6.89. The molecule has 1 saturated carbocycles. The first-order chi connectivity index (χ1) is 7.87. The lowest BCUT2D eigenvalue weighted by Crippen LogP contribution is -2.36. The van der Waals surface area contributed by atoms with Crippen LogP contribution in [0.3, 0.4) is 0 Å². The van der Waals surface area contributed by atoms with E-state index in [0.717, 1.165) is 19.4 Å². The number of alkyl halides is 1. The van der Waals surface area contributed by atoms with Gasteiger partial charge in [-0.3, -0.25) is 4.79 Å². The van der Waals surface area contributed by atoms with Crippen molar-refractivity contribution >= 4 is 17.5 Å². The van der Waals surface area contributed by atoms with Crippen LogP contribution in [-0.2, 0) is 9.53 Å². The Morgan fingerprint density at radius 2 is 2.12 bits per heavy atom. The van der Waals surface area contributed by atoms with E-state index in [1.807, 2.05) is 20.8 Å². The van der Waals surface area contributed by atoms with E-state index in [1.165, 1.54) is 12.8 Å². The van der Waals surface area contributed by atoms with Gasteiger partial charge in [0.1, 0.15) is 6.61 Å². The Kier molecular flexibility index (Phi) is 5.74. The van der Waals surface area contributed by atoms with Crippen LogP contribution in [-0.4, -0.2) is 30.0 Å². The number of amides is 1. The van der Waals surface area contributed by atoms with Gasteiger partial charge in [0.05, 0.1) is 5.60 Å². The first-order valence-electron chi connectivity index (χ1n) is 6.41. The lowest BCUT2D eigenvalue weighted by Gasteiger charge is -2.25. The predicted molar refractivity (Wildman–Crippen MR) is 70.3 cm³/mol. The topological polar surface area (TPSA) is 38.3 Å². The molecule has 2 atom stereocenters. The fourth-order valence-corrected chi connectivity index (χ4v) is 2.41. The van der Waals surface area contributed by atoms with Gasteiger partial charge in [-0.05, 0) is 46.0 Å². The van der Waals surface area contributed by atoms with Crippen LogP contribution in [0.1, 0.15) is 46.5 Å². The van der Waals surface area contributed by atoms with Gasteiger partial charge >= 0.3 is 0 Å². The molecule has 1 amide bonds. The first-order valence-corrected chi connectivity index (χ1v) is 6.85. The van der Waals surface area contributed by atoms with E-state index in [1.54, 1.807) is 0 Å². The van der Waals surface area contributed by atoms with Crippen LogP contribution in [0.25, 0.3) is 0 Å². The van der Waals surface area contributed by atoms with Gasteiger partial charge in [-0.2, -0.15) is 0 Å². The number of halogens is 1. The number of ether oxygens (including phenoxy) is 1. The summed E-state index contributed by atoms with van der Waals surface area (Å²) < 4.78 is 5.41. The third-order valence-corrected chi connectivity index (χ3v) is 3.34. The lowest BCUT2D eigenvalue weighted by atomic mass is 9.89. The Balaban J connectivity index is 2.15. The van der Waals surface area contributed by atoms with Crippen LogP contribution in [0, 0.1) is 5.92 Å². The molecule has 0 bridgehead atoms. The molecular weight excluding hydrogens is 238 g/mol. The number of carbonyl (C=O) groups is 1. The van der Waals surface area contributed by atoms with E-state index in [-0.39, 0.29) is 23.5 Å². The van der Waals surface area contributed by atoms with Gasteiger partial charge in [-0.25, -0.2) is 0 Å². The van der Waals surface area contributed by atoms with Crippen molar-refractivity contribution in [1.82, 2.24) is 5.32 Å². The maximum absolute atomic E-state index is 11.5. The molecule has 0 heterocycles. The Labute approximate surface area is 109 Å². The largest absolute Gasteiger partial charge is 0.366 e. The van der Waals surface area contributed by atoms with E-state index < -0.39 is 0 Å². The molecule has 1 N–H and O–H groups in total. The van der Waals surface area contributed by atoms with Crippen LogP contribution in [0.5, 0.6) is 0 Å². The van der Waals surface area contributed by atoms with Crippen molar-refractivity contribution in [2.45, 2.75) is 57.4 Å². The molecule has 0 aromatic rings. The zero-order chi connectivity index (χ0) is 12.9. The summed E-state index contributed by atoms with van der Waals surface area (Å²) in [6, 6.07) is 0. The van der Waals surface area contributed by atoms with E-state index in [2.05, 4.69) is 5.32 Å². The molecule has 1 aliphatic rings. The molecule has 1 fully saturated rings. The number of nitrogens with one attached hydrogen (secondary N) is 1. The van der Waals surface area contributed by atoms with Crippen molar-refractivity contribution in [1.29, 1.82) is 0 Å². The summed E-state index contributed by atoms with van der Waals surface area (Å²) in [5.74, 6) is 0.501. The van der Waals surface area contributed by atoms with Crippen LogP contribution in [0.2, 0.25) is 0 Å². The predicted octanol–water partition coefficient (Wildman–Crippen LogP) is 2.72. The summed E-state index contributed by atoms with van der Waals surface area (Å²) in [5.41, 5.74) is -0.261. The zero-order valence-electron chi connectivity index (χ0n) is 11.1. The lowest BCUT2D eigenvalue weighted by molar-refractivity contribution is -0.130. The number of hydrogen-bond acceptors (Lipinski definition) is 2. The van der Waals surface area contributed by atoms with Crippen molar-refractivity contribution in [3.05, 3.63) is 0 Å². The molecule has 17 heavy (non-hydrogen) atoms. The van der Waals surface area contributed by atoms with Gasteiger partial charge in [0.2, 0.25) is 5.91 Å². The standard InChI is InChI=1S/C13H24ClNO2/c1-13(2,3)17-9-12(16)15-8-10-5-4-6-11(14)7-10/h10-11H,4-9H2,1-3H3,(H,15,16). The number of carbonyl (C=O) groups excluding carboxylic acids is 1. The molecule has 0 spiro atoms. The molecule has 0 saturated heterocycles. The Bertz CT molecular complexity index is 250. The summed E-state index contributed by atoms with van der Waals surface area (Å²) in [7, 11) is 0. The zero-order valence-corrected chi connectivity index (χ0v) is 11.8.